The van der Waals surface area contributed by atoms with Gasteiger partial charge in [0.2, 0.25) is 0 Å². The fraction of sp³-hybridized carbons (Fsp3) is 0.294. The summed E-state index contributed by atoms with van der Waals surface area (Å²) in [7, 11) is 1.45. The Morgan fingerprint density at radius 1 is 1.31 bits per heavy atom. The van der Waals surface area contributed by atoms with Gasteiger partial charge in [0.1, 0.15) is 17.5 Å². The molecule has 0 unspecified atom stereocenters. The summed E-state index contributed by atoms with van der Waals surface area (Å²) in [6.45, 7) is 5.87. The standard InChI is InChI=1S/C17H18ClN5O3/c1-17(2,3)23-14-12(8-20-23)16(25)22(9-19-14)21-15(24)11-7-10(18)5-6-13(11)26-4/h5-9H,1-4H3,(H,21,24). The first kappa shape index (κ1) is 17.9. The molecule has 9 heteroatoms. The Hall–Kier alpha value is -2.87. The molecule has 3 rings (SSSR count). The van der Waals surface area contributed by atoms with Gasteiger partial charge in [-0.1, -0.05) is 11.6 Å². The van der Waals surface area contributed by atoms with E-state index in [4.69, 9.17) is 16.3 Å². The highest BCUT2D eigenvalue weighted by Crippen LogP contribution is 2.22. The van der Waals surface area contributed by atoms with Gasteiger partial charge < -0.3 is 4.74 Å². The van der Waals surface area contributed by atoms with Gasteiger partial charge in [-0.05, 0) is 39.0 Å². The Balaban J connectivity index is 2.00. The average molecular weight is 376 g/mol. The molecular formula is C17H18ClN5O3. The van der Waals surface area contributed by atoms with Crippen LogP contribution in [-0.2, 0) is 5.54 Å². The molecule has 1 N–H and O–H groups in total. The second kappa shape index (κ2) is 6.45. The molecule has 8 nitrogen and oxygen atoms in total. The number of carbonyl (C=O) groups excluding carboxylic acids is 1. The third kappa shape index (κ3) is 3.15. The van der Waals surface area contributed by atoms with Gasteiger partial charge in [0.25, 0.3) is 11.5 Å². The van der Waals surface area contributed by atoms with Gasteiger partial charge in [-0.25, -0.2) is 14.3 Å². The van der Waals surface area contributed by atoms with Crippen LogP contribution in [0.5, 0.6) is 5.75 Å². The zero-order valence-electron chi connectivity index (χ0n) is 14.8. The van der Waals surface area contributed by atoms with E-state index in [0.717, 1.165) is 4.68 Å². The van der Waals surface area contributed by atoms with Gasteiger partial charge in [-0.3, -0.25) is 15.0 Å². The molecule has 0 atom stereocenters. The van der Waals surface area contributed by atoms with Gasteiger partial charge in [0, 0.05) is 5.02 Å². The normalized spacial score (nSPS) is 11.6. The average Bonchev–Trinajstić information content (AvgIpc) is 3.02. The number of amides is 1. The smallest absolute Gasteiger partial charge is 0.283 e. The zero-order chi connectivity index (χ0) is 19.1. The van der Waals surface area contributed by atoms with Crippen molar-refractivity contribution >= 4 is 28.5 Å². The fourth-order valence-corrected chi connectivity index (χ4v) is 2.68. The summed E-state index contributed by atoms with van der Waals surface area (Å²) in [6.07, 6.45) is 2.70. The molecule has 1 amide bonds. The number of rotatable bonds is 3. The lowest BCUT2D eigenvalue weighted by Crippen LogP contribution is -2.33. The molecule has 0 radical (unpaired) electrons. The van der Waals surface area contributed by atoms with Crippen LogP contribution in [0.15, 0.2) is 35.5 Å². The van der Waals surface area contributed by atoms with Crippen molar-refractivity contribution in [2.24, 2.45) is 0 Å². The topological polar surface area (TPSA) is 91.0 Å². The highest BCUT2D eigenvalue weighted by atomic mass is 35.5. The van der Waals surface area contributed by atoms with Crippen molar-refractivity contribution in [3.63, 3.8) is 0 Å². The van der Waals surface area contributed by atoms with Crippen LogP contribution in [0.1, 0.15) is 31.1 Å². The molecule has 136 valence electrons. The lowest BCUT2D eigenvalue weighted by atomic mass is 10.1. The highest BCUT2D eigenvalue weighted by Gasteiger charge is 2.20. The van der Waals surface area contributed by atoms with Crippen LogP contribution in [-0.4, -0.2) is 32.5 Å². The van der Waals surface area contributed by atoms with Gasteiger partial charge in [0.15, 0.2) is 5.65 Å². The van der Waals surface area contributed by atoms with Crippen molar-refractivity contribution in [2.75, 3.05) is 12.5 Å². The lowest BCUT2D eigenvalue weighted by Gasteiger charge is -2.19. The van der Waals surface area contributed by atoms with Crippen LogP contribution >= 0.6 is 11.6 Å². The van der Waals surface area contributed by atoms with Crippen molar-refractivity contribution in [3.8, 4) is 5.75 Å². The van der Waals surface area contributed by atoms with Gasteiger partial charge >= 0.3 is 0 Å². The van der Waals surface area contributed by atoms with Crippen LogP contribution in [0.2, 0.25) is 5.02 Å². The number of nitrogens with zero attached hydrogens (tertiary/aromatic N) is 4. The minimum absolute atomic E-state index is 0.206. The number of hydrogen-bond donors (Lipinski definition) is 1. The van der Waals surface area contributed by atoms with E-state index in [0.29, 0.717) is 21.8 Å². The van der Waals surface area contributed by atoms with Crippen molar-refractivity contribution in [1.82, 2.24) is 19.4 Å². The molecule has 0 spiro atoms. The first-order valence-electron chi connectivity index (χ1n) is 7.83. The highest BCUT2D eigenvalue weighted by molar-refractivity contribution is 6.31. The lowest BCUT2D eigenvalue weighted by molar-refractivity contribution is 0.100. The number of halogens is 1. The van der Waals surface area contributed by atoms with E-state index >= 15 is 0 Å². The van der Waals surface area contributed by atoms with Crippen LogP contribution in [0, 0.1) is 0 Å². The van der Waals surface area contributed by atoms with E-state index in [9.17, 15) is 9.59 Å². The largest absolute Gasteiger partial charge is 0.496 e. The summed E-state index contributed by atoms with van der Waals surface area (Å²) in [6, 6.07) is 4.65. The predicted molar refractivity (Wildman–Crippen MR) is 98.5 cm³/mol. The van der Waals surface area contributed by atoms with E-state index in [1.807, 2.05) is 20.8 Å². The third-order valence-corrected chi connectivity index (χ3v) is 3.99. The van der Waals surface area contributed by atoms with E-state index in [-0.39, 0.29) is 11.1 Å². The summed E-state index contributed by atoms with van der Waals surface area (Å²) in [4.78, 5) is 29.5. The van der Waals surface area contributed by atoms with Crippen molar-refractivity contribution < 1.29 is 9.53 Å². The van der Waals surface area contributed by atoms with E-state index < -0.39 is 11.5 Å². The Bertz CT molecular complexity index is 1050. The van der Waals surface area contributed by atoms with Gasteiger partial charge in [0.05, 0.1) is 24.4 Å². The van der Waals surface area contributed by atoms with E-state index in [2.05, 4.69) is 15.5 Å². The minimum atomic E-state index is -0.546. The molecule has 0 aliphatic rings. The maximum Gasteiger partial charge on any atom is 0.283 e. The number of fused-ring (bicyclic) bond motifs is 1. The summed E-state index contributed by atoms with van der Waals surface area (Å²) in [5.41, 5.74) is 2.39. The van der Waals surface area contributed by atoms with Crippen LogP contribution in [0.3, 0.4) is 0 Å². The molecule has 0 aliphatic carbocycles. The van der Waals surface area contributed by atoms with Crippen molar-refractivity contribution in [3.05, 3.63) is 51.7 Å². The monoisotopic (exact) mass is 375 g/mol. The van der Waals surface area contributed by atoms with Crippen LogP contribution in [0.4, 0.5) is 0 Å². The van der Waals surface area contributed by atoms with Crippen molar-refractivity contribution in [1.29, 1.82) is 0 Å². The number of carbonyl (C=O) groups is 1. The molecule has 2 heterocycles. The second-order valence-corrected chi connectivity index (χ2v) is 7.11. The molecule has 0 saturated heterocycles. The number of aromatic nitrogens is 4. The number of methoxy groups -OCH3 is 1. The number of ether oxygens (including phenoxy) is 1. The van der Waals surface area contributed by atoms with Crippen LogP contribution in [0.25, 0.3) is 11.0 Å². The predicted octanol–water partition coefficient (Wildman–Crippen LogP) is 2.39. The third-order valence-electron chi connectivity index (χ3n) is 3.75. The maximum absolute atomic E-state index is 12.7. The molecule has 0 bridgehead atoms. The maximum atomic E-state index is 12.7. The van der Waals surface area contributed by atoms with Gasteiger partial charge in [-0.15, -0.1) is 0 Å². The van der Waals surface area contributed by atoms with Crippen molar-refractivity contribution in [2.45, 2.75) is 26.3 Å². The Morgan fingerprint density at radius 2 is 2.04 bits per heavy atom. The quantitative estimate of drug-likeness (QED) is 0.759. The summed E-state index contributed by atoms with van der Waals surface area (Å²) in [5.74, 6) is -0.203. The molecule has 26 heavy (non-hydrogen) atoms. The summed E-state index contributed by atoms with van der Waals surface area (Å²) < 4.78 is 7.84. The number of hydrogen-bond acceptors (Lipinski definition) is 5. The fourth-order valence-electron chi connectivity index (χ4n) is 2.51. The summed E-state index contributed by atoms with van der Waals surface area (Å²) >= 11 is 5.95. The SMILES string of the molecule is COc1ccc(Cl)cc1C(=O)Nn1cnc2c(cnn2C(C)(C)C)c1=O. The molecule has 0 fully saturated rings. The molecular weight excluding hydrogens is 358 g/mol. The van der Waals surface area contributed by atoms with Gasteiger partial charge in [-0.2, -0.15) is 5.10 Å². The molecule has 0 aliphatic heterocycles. The van der Waals surface area contributed by atoms with Crippen LogP contribution < -0.4 is 15.7 Å². The first-order valence-corrected chi connectivity index (χ1v) is 8.21. The number of nitrogens with one attached hydrogen (secondary N) is 1. The number of benzene rings is 1. The minimum Gasteiger partial charge on any atom is -0.496 e. The molecule has 3 aromatic rings. The van der Waals surface area contributed by atoms with E-state index in [1.54, 1.807) is 16.8 Å². The Kier molecular flexibility index (Phi) is 4.45. The first-order chi connectivity index (χ1) is 12.2. The molecule has 0 saturated carbocycles. The Labute approximate surface area is 154 Å². The summed E-state index contributed by atoms with van der Waals surface area (Å²) in [5, 5.41) is 4.92. The zero-order valence-corrected chi connectivity index (χ0v) is 15.5. The van der Waals surface area contributed by atoms with E-state index in [1.165, 1.54) is 25.7 Å². The molecule has 1 aromatic carbocycles. The molecule has 2 aromatic heterocycles. The second-order valence-electron chi connectivity index (χ2n) is 6.67. The Morgan fingerprint density at radius 3 is 2.69 bits per heavy atom.